The summed E-state index contributed by atoms with van der Waals surface area (Å²) in [7, 11) is 0. The van der Waals surface area contributed by atoms with E-state index in [0.29, 0.717) is 38.5 Å². The summed E-state index contributed by atoms with van der Waals surface area (Å²) in [6, 6.07) is 7.97. The Balaban J connectivity index is 1.51. The molecule has 4 rings (SSSR count). The van der Waals surface area contributed by atoms with E-state index in [4.69, 9.17) is 0 Å². The van der Waals surface area contributed by atoms with Gasteiger partial charge in [0, 0.05) is 51.5 Å². The Bertz CT molecular complexity index is 753. The number of halogens is 3. The Morgan fingerprint density at radius 2 is 1.69 bits per heavy atom. The second-order valence-electron chi connectivity index (χ2n) is 7.29. The van der Waals surface area contributed by atoms with Crippen molar-refractivity contribution in [1.82, 2.24) is 14.9 Å². The highest BCUT2D eigenvalue weighted by Crippen LogP contribution is 2.50. The highest BCUT2D eigenvalue weighted by molar-refractivity contribution is 5.33. The predicted octanol–water partition coefficient (Wildman–Crippen LogP) is 3.35. The molecular weight excluding hydrogens is 341 g/mol. The van der Waals surface area contributed by atoms with Gasteiger partial charge in [-0.25, -0.2) is 23.1 Å². The first-order valence-corrected chi connectivity index (χ1v) is 8.84. The van der Waals surface area contributed by atoms with Crippen LogP contribution in [0.3, 0.4) is 0 Å². The quantitative estimate of drug-likeness (QED) is 0.838. The Labute approximate surface area is 150 Å². The molecule has 0 unspecified atom stereocenters. The van der Waals surface area contributed by atoms with E-state index in [1.807, 2.05) is 4.90 Å². The molecule has 2 aromatic rings. The monoisotopic (exact) mass is 362 g/mol. The van der Waals surface area contributed by atoms with Crippen LogP contribution in [0.2, 0.25) is 0 Å². The van der Waals surface area contributed by atoms with Gasteiger partial charge in [-0.3, -0.25) is 4.90 Å². The third-order valence-electron chi connectivity index (χ3n) is 5.55. The fourth-order valence-electron chi connectivity index (χ4n) is 4.09. The summed E-state index contributed by atoms with van der Waals surface area (Å²) >= 11 is 0. The van der Waals surface area contributed by atoms with Gasteiger partial charge in [-0.1, -0.05) is 12.1 Å². The lowest BCUT2D eigenvalue weighted by Crippen LogP contribution is -2.56. The first-order chi connectivity index (χ1) is 12.5. The topological polar surface area (TPSA) is 32.3 Å². The summed E-state index contributed by atoms with van der Waals surface area (Å²) in [5.41, 5.74) is -0.155. The summed E-state index contributed by atoms with van der Waals surface area (Å²) in [6.45, 7) is 2.00. The average molecular weight is 362 g/mol. The maximum atomic E-state index is 14.9. The summed E-state index contributed by atoms with van der Waals surface area (Å²) in [4.78, 5) is 12.3. The van der Waals surface area contributed by atoms with Gasteiger partial charge >= 0.3 is 0 Å². The molecule has 0 saturated carbocycles. The van der Waals surface area contributed by atoms with Crippen LogP contribution in [0.1, 0.15) is 18.4 Å². The summed E-state index contributed by atoms with van der Waals surface area (Å²) in [5, 5.41) is 0. The molecule has 2 saturated heterocycles. The Morgan fingerprint density at radius 3 is 2.42 bits per heavy atom. The van der Waals surface area contributed by atoms with Gasteiger partial charge in [-0.05, 0) is 30.2 Å². The van der Waals surface area contributed by atoms with Crippen LogP contribution >= 0.6 is 0 Å². The van der Waals surface area contributed by atoms with E-state index in [2.05, 4.69) is 14.9 Å². The van der Waals surface area contributed by atoms with Crippen LogP contribution in [0.5, 0.6) is 0 Å². The number of nitrogens with zero attached hydrogens (tertiary/aromatic N) is 4. The molecule has 138 valence electrons. The van der Waals surface area contributed by atoms with E-state index in [1.54, 1.807) is 30.6 Å². The largest absolute Gasteiger partial charge is 0.340 e. The lowest BCUT2D eigenvalue weighted by molar-refractivity contribution is -0.158. The molecule has 0 amide bonds. The second kappa shape index (κ2) is 6.54. The molecule has 1 aromatic carbocycles. The number of benzene rings is 1. The number of alkyl halides is 2. The molecule has 0 bridgehead atoms. The maximum absolute atomic E-state index is 14.9. The van der Waals surface area contributed by atoms with Gasteiger partial charge < -0.3 is 4.90 Å². The maximum Gasteiger partial charge on any atom is 0.257 e. The molecule has 2 aliphatic heterocycles. The van der Waals surface area contributed by atoms with Gasteiger partial charge in [0.25, 0.3) is 5.92 Å². The van der Waals surface area contributed by atoms with Crippen molar-refractivity contribution in [2.45, 2.75) is 25.3 Å². The van der Waals surface area contributed by atoms with Crippen molar-refractivity contribution in [1.29, 1.82) is 0 Å². The molecule has 26 heavy (non-hydrogen) atoms. The Kier molecular flexibility index (Phi) is 4.34. The average Bonchev–Trinajstić information content (AvgIpc) is 3.07. The van der Waals surface area contributed by atoms with Crippen LogP contribution in [-0.4, -0.2) is 47.0 Å². The lowest BCUT2D eigenvalue weighted by Gasteiger charge is -2.46. The number of hydrogen-bond acceptors (Lipinski definition) is 4. The second-order valence-corrected chi connectivity index (χ2v) is 7.29. The lowest BCUT2D eigenvalue weighted by atomic mass is 9.75. The highest BCUT2D eigenvalue weighted by atomic mass is 19.3. The van der Waals surface area contributed by atoms with Gasteiger partial charge in [0.2, 0.25) is 5.95 Å². The number of hydrogen-bond donors (Lipinski definition) is 0. The van der Waals surface area contributed by atoms with Crippen molar-refractivity contribution >= 4 is 5.95 Å². The van der Waals surface area contributed by atoms with E-state index >= 15 is 0 Å². The predicted molar refractivity (Wildman–Crippen MR) is 92.5 cm³/mol. The highest BCUT2D eigenvalue weighted by Gasteiger charge is 2.59. The van der Waals surface area contributed by atoms with Gasteiger partial charge in [0.15, 0.2) is 0 Å². The minimum Gasteiger partial charge on any atom is -0.340 e. The number of aromatic nitrogens is 2. The fourth-order valence-corrected chi connectivity index (χ4v) is 4.09. The van der Waals surface area contributed by atoms with Crippen LogP contribution in [-0.2, 0) is 6.54 Å². The third kappa shape index (κ3) is 3.16. The zero-order valence-electron chi connectivity index (χ0n) is 14.4. The van der Waals surface area contributed by atoms with Crippen LogP contribution in [0.15, 0.2) is 42.7 Å². The van der Waals surface area contributed by atoms with Gasteiger partial charge in [0.1, 0.15) is 5.82 Å². The van der Waals surface area contributed by atoms with Gasteiger partial charge in [0.05, 0.1) is 5.41 Å². The molecular formula is C19H21F3N4. The minimum absolute atomic E-state index is 0.155. The summed E-state index contributed by atoms with van der Waals surface area (Å²) in [6.07, 6.45) is 3.52. The summed E-state index contributed by atoms with van der Waals surface area (Å²) in [5.74, 6) is -2.49. The normalized spacial score (nSPS) is 25.7. The molecule has 1 atom stereocenters. The number of piperidine rings is 1. The smallest absolute Gasteiger partial charge is 0.257 e. The van der Waals surface area contributed by atoms with E-state index < -0.39 is 11.3 Å². The van der Waals surface area contributed by atoms with Gasteiger partial charge in [-0.15, -0.1) is 0 Å². The van der Waals surface area contributed by atoms with E-state index in [-0.39, 0.29) is 18.8 Å². The van der Waals surface area contributed by atoms with E-state index in [9.17, 15) is 13.2 Å². The Hall–Kier alpha value is -2.15. The first kappa shape index (κ1) is 17.3. The van der Waals surface area contributed by atoms with Crippen molar-refractivity contribution in [2.75, 3.05) is 31.1 Å². The zero-order chi connectivity index (χ0) is 18.2. The van der Waals surface area contributed by atoms with E-state index in [1.165, 1.54) is 12.1 Å². The van der Waals surface area contributed by atoms with Crippen molar-refractivity contribution in [2.24, 2.45) is 5.41 Å². The number of likely N-dealkylation sites (tertiary alicyclic amines) is 1. The fraction of sp³-hybridized carbons (Fsp3) is 0.474. The van der Waals surface area contributed by atoms with Crippen LogP contribution in [0, 0.1) is 11.2 Å². The van der Waals surface area contributed by atoms with Crippen LogP contribution in [0.4, 0.5) is 19.1 Å². The van der Waals surface area contributed by atoms with Crippen molar-refractivity contribution in [3.63, 3.8) is 0 Å². The molecule has 4 nitrogen and oxygen atoms in total. The summed E-state index contributed by atoms with van der Waals surface area (Å²) < 4.78 is 42.8. The molecule has 7 heteroatoms. The third-order valence-corrected chi connectivity index (χ3v) is 5.55. The Morgan fingerprint density at radius 1 is 0.962 bits per heavy atom. The SMILES string of the molecule is Fc1ccc(CN2CCC(F)(F)[C@]3(CCN(c4ncccn4)C3)C2)cc1. The molecule has 2 fully saturated rings. The van der Waals surface area contributed by atoms with Gasteiger partial charge in [-0.2, -0.15) is 0 Å². The number of rotatable bonds is 3. The first-order valence-electron chi connectivity index (χ1n) is 8.84. The number of anilines is 1. The van der Waals surface area contributed by atoms with Crippen LogP contribution < -0.4 is 4.90 Å². The van der Waals surface area contributed by atoms with Crippen molar-refractivity contribution < 1.29 is 13.2 Å². The molecule has 0 radical (unpaired) electrons. The minimum atomic E-state index is -2.71. The molecule has 0 aliphatic carbocycles. The molecule has 0 N–H and O–H groups in total. The molecule has 1 aromatic heterocycles. The molecule has 1 spiro atoms. The zero-order valence-corrected chi connectivity index (χ0v) is 14.4. The van der Waals surface area contributed by atoms with Crippen molar-refractivity contribution in [3.8, 4) is 0 Å². The molecule has 3 heterocycles. The van der Waals surface area contributed by atoms with E-state index in [0.717, 1.165) is 5.56 Å². The molecule has 2 aliphatic rings. The standard InChI is InChI=1S/C19H21F3N4/c20-16-4-2-15(3-5-16)12-25-10-7-19(21,22)18(13-25)6-11-26(14-18)17-23-8-1-9-24-17/h1-5,8-9H,6-7,10-14H2/t18-/m1/s1. The van der Waals surface area contributed by atoms with Crippen molar-refractivity contribution in [3.05, 3.63) is 54.1 Å². The van der Waals surface area contributed by atoms with Crippen LogP contribution in [0.25, 0.3) is 0 Å².